The molecule has 2 aromatic carbocycles. The van der Waals surface area contributed by atoms with Gasteiger partial charge in [-0.05, 0) is 41.6 Å². The van der Waals surface area contributed by atoms with Crippen molar-refractivity contribution in [2.75, 3.05) is 17.6 Å². The highest BCUT2D eigenvalue weighted by atomic mass is 16.2. The Kier molecular flexibility index (Phi) is 9.25. The molecule has 0 atom stereocenters. The Morgan fingerprint density at radius 3 is 2.19 bits per heavy atom. The predicted octanol–water partition coefficient (Wildman–Crippen LogP) is 3.59. The van der Waals surface area contributed by atoms with E-state index in [1.165, 1.54) is 17.2 Å². The van der Waals surface area contributed by atoms with Gasteiger partial charge in [0.25, 0.3) is 5.56 Å². The molecule has 8 heteroatoms. The maximum Gasteiger partial charge on any atom is 0.332 e. The SMILES string of the molecule is CC(C)CNCc1ccc(CN=C(Nc2ccccc2)c2c(N)n(CC(C)C)c(=O)n(C)c2=O)cc1. The number of hydrogen-bond donors (Lipinski definition) is 3. The number of rotatable bonds is 10. The average Bonchev–Trinajstić information content (AvgIpc) is 2.85. The van der Waals surface area contributed by atoms with Crippen molar-refractivity contribution in [3.63, 3.8) is 0 Å². The second-order valence-corrected chi connectivity index (χ2v) is 9.91. The summed E-state index contributed by atoms with van der Waals surface area (Å²) in [6.45, 7) is 10.9. The van der Waals surface area contributed by atoms with Crippen LogP contribution in [0.2, 0.25) is 0 Å². The van der Waals surface area contributed by atoms with Gasteiger partial charge in [0.15, 0.2) is 0 Å². The van der Waals surface area contributed by atoms with Gasteiger partial charge in [-0.15, -0.1) is 0 Å². The first-order valence-electron chi connectivity index (χ1n) is 12.4. The van der Waals surface area contributed by atoms with Crippen LogP contribution in [-0.2, 0) is 26.7 Å². The van der Waals surface area contributed by atoms with Crippen LogP contribution in [0.1, 0.15) is 44.4 Å². The Balaban J connectivity index is 1.98. The molecule has 8 nitrogen and oxygen atoms in total. The van der Waals surface area contributed by atoms with Crippen molar-refractivity contribution in [1.82, 2.24) is 14.5 Å². The lowest BCUT2D eigenvalue weighted by Gasteiger charge is -2.18. The minimum atomic E-state index is -0.480. The Labute approximate surface area is 212 Å². The summed E-state index contributed by atoms with van der Waals surface area (Å²) in [6, 6.07) is 17.7. The number of aromatic nitrogens is 2. The van der Waals surface area contributed by atoms with Gasteiger partial charge in [0.1, 0.15) is 17.2 Å². The highest BCUT2D eigenvalue weighted by molar-refractivity contribution is 6.10. The monoisotopic (exact) mass is 490 g/mol. The quantitative estimate of drug-likeness (QED) is 0.297. The molecule has 0 bridgehead atoms. The summed E-state index contributed by atoms with van der Waals surface area (Å²) in [6.07, 6.45) is 0. The van der Waals surface area contributed by atoms with Gasteiger partial charge in [0.2, 0.25) is 0 Å². The van der Waals surface area contributed by atoms with Crippen LogP contribution in [0.5, 0.6) is 0 Å². The van der Waals surface area contributed by atoms with Crippen molar-refractivity contribution in [2.45, 2.75) is 47.3 Å². The molecule has 192 valence electrons. The molecule has 1 heterocycles. The van der Waals surface area contributed by atoms with Gasteiger partial charge in [-0.3, -0.25) is 18.9 Å². The lowest BCUT2D eigenvalue weighted by atomic mass is 10.1. The van der Waals surface area contributed by atoms with Crippen molar-refractivity contribution in [3.8, 4) is 0 Å². The van der Waals surface area contributed by atoms with Gasteiger partial charge in [0, 0.05) is 25.8 Å². The normalized spacial score (nSPS) is 11.9. The zero-order valence-electron chi connectivity index (χ0n) is 21.9. The standard InChI is InChI=1S/C28H38N6O2/c1-19(2)15-30-16-21-11-13-22(14-12-21)17-31-26(32-23-9-7-6-8-10-23)24-25(29)34(18-20(3)4)28(36)33(5)27(24)35/h6-14,19-20,30H,15-18,29H2,1-5H3,(H,31,32). The number of nitrogen functional groups attached to an aromatic ring is 1. The number of aliphatic imine (C=N–C) groups is 1. The van der Waals surface area contributed by atoms with E-state index in [9.17, 15) is 9.59 Å². The second kappa shape index (κ2) is 12.4. The molecule has 1 aromatic heterocycles. The van der Waals surface area contributed by atoms with Gasteiger partial charge < -0.3 is 16.4 Å². The number of benzene rings is 2. The van der Waals surface area contributed by atoms with Crippen LogP contribution in [0.25, 0.3) is 0 Å². The topological polar surface area (TPSA) is 106 Å². The fraction of sp³-hybridized carbons (Fsp3) is 0.393. The molecule has 0 aliphatic carbocycles. The fourth-order valence-corrected chi connectivity index (χ4v) is 3.82. The van der Waals surface area contributed by atoms with Crippen molar-refractivity contribution >= 4 is 17.3 Å². The molecule has 3 rings (SSSR count). The molecule has 36 heavy (non-hydrogen) atoms. The Hall–Kier alpha value is -3.65. The van der Waals surface area contributed by atoms with E-state index in [2.05, 4.69) is 36.6 Å². The maximum atomic E-state index is 13.2. The number of hydrogen-bond acceptors (Lipinski definition) is 5. The first kappa shape index (κ1) is 26.9. The molecule has 0 radical (unpaired) electrons. The van der Waals surface area contributed by atoms with Crippen LogP contribution in [0.3, 0.4) is 0 Å². The second-order valence-electron chi connectivity index (χ2n) is 9.91. The summed E-state index contributed by atoms with van der Waals surface area (Å²) in [5.41, 5.74) is 8.68. The summed E-state index contributed by atoms with van der Waals surface area (Å²) in [5.74, 6) is 1.22. The number of amidine groups is 1. The van der Waals surface area contributed by atoms with Crippen molar-refractivity contribution in [3.05, 3.63) is 92.1 Å². The Morgan fingerprint density at radius 2 is 1.58 bits per heavy atom. The van der Waals surface area contributed by atoms with Crippen LogP contribution in [0.15, 0.2) is 69.2 Å². The molecule has 0 amide bonds. The van der Waals surface area contributed by atoms with E-state index in [1.807, 2.05) is 56.3 Å². The molecule has 0 aliphatic heterocycles. The van der Waals surface area contributed by atoms with E-state index in [-0.39, 0.29) is 17.3 Å². The van der Waals surface area contributed by atoms with Crippen LogP contribution < -0.4 is 27.6 Å². The minimum absolute atomic E-state index is 0.116. The predicted molar refractivity (Wildman–Crippen MR) is 148 cm³/mol. The largest absolute Gasteiger partial charge is 0.384 e. The summed E-state index contributed by atoms with van der Waals surface area (Å²) in [7, 11) is 1.47. The first-order valence-corrected chi connectivity index (χ1v) is 12.4. The molecule has 0 aliphatic rings. The van der Waals surface area contributed by atoms with Crippen molar-refractivity contribution in [1.29, 1.82) is 0 Å². The third kappa shape index (κ3) is 6.95. The van der Waals surface area contributed by atoms with E-state index in [1.54, 1.807) is 0 Å². The van der Waals surface area contributed by atoms with E-state index in [0.29, 0.717) is 24.8 Å². The number of nitrogens with zero attached hydrogens (tertiary/aromatic N) is 3. The summed E-state index contributed by atoms with van der Waals surface area (Å²) in [5, 5.41) is 6.70. The molecule has 4 N–H and O–H groups in total. The highest BCUT2D eigenvalue weighted by Gasteiger charge is 2.21. The maximum absolute atomic E-state index is 13.2. The molecule has 0 fully saturated rings. The molecule has 0 unspecified atom stereocenters. The van der Waals surface area contributed by atoms with Crippen molar-refractivity contribution < 1.29 is 0 Å². The Morgan fingerprint density at radius 1 is 0.944 bits per heavy atom. The zero-order chi connectivity index (χ0) is 26.2. The number of para-hydroxylation sites is 1. The molecule has 3 aromatic rings. The molecule has 0 saturated carbocycles. The lowest BCUT2D eigenvalue weighted by Crippen LogP contribution is -2.44. The van der Waals surface area contributed by atoms with Gasteiger partial charge in [-0.25, -0.2) is 4.79 Å². The Bertz CT molecular complexity index is 1290. The van der Waals surface area contributed by atoms with Gasteiger partial charge in [-0.2, -0.15) is 0 Å². The molecular weight excluding hydrogens is 452 g/mol. The number of nitrogens with one attached hydrogen (secondary N) is 2. The number of nitrogens with two attached hydrogens (primary N) is 1. The first-order chi connectivity index (χ1) is 17.2. The summed E-state index contributed by atoms with van der Waals surface area (Å²) < 4.78 is 2.54. The lowest BCUT2D eigenvalue weighted by molar-refractivity contribution is 0.493. The van der Waals surface area contributed by atoms with E-state index in [4.69, 9.17) is 10.7 Å². The summed E-state index contributed by atoms with van der Waals surface area (Å²) >= 11 is 0. The zero-order valence-corrected chi connectivity index (χ0v) is 21.9. The van der Waals surface area contributed by atoms with E-state index in [0.717, 1.165) is 28.9 Å². The minimum Gasteiger partial charge on any atom is -0.384 e. The fourth-order valence-electron chi connectivity index (χ4n) is 3.82. The van der Waals surface area contributed by atoms with Crippen LogP contribution >= 0.6 is 0 Å². The number of anilines is 2. The third-order valence-electron chi connectivity index (χ3n) is 5.73. The molecule has 0 saturated heterocycles. The van der Waals surface area contributed by atoms with Gasteiger partial charge in [-0.1, -0.05) is 70.2 Å². The highest BCUT2D eigenvalue weighted by Crippen LogP contribution is 2.14. The summed E-state index contributed by atoms with van der Waals surface area (Å²) in [4.78, 5) is 30.8. The van der Waals surface area contributed by atoms with Gasteiger partial charge in [0.05, 0.1) is 6.54 Å². The van der Waals surface area contributed by atoms with Crippen LogP contribution in [0.4, 0.5) is 11.5 Å². The van der Waals surface area contributed by atoms with Gasteiger partial charge >= 0.3 is 5.69 Å². The van der Waals surface area contributed by atoms with E-state index < -0.39 is 11.2 Å². The molecular formula is C28H38N6O2. The van der Waals surface area contributed by atoms with Crippen LogP contribution in [0, 0.1) is 11.8 Å². The average molecular weight is 491 g/mol. The van der Waals surface area contributed by atoms with E-state index >= 15 is 0 Å². The van der Waals surface area contributed by atoms with Crippen molar-refractivity contribution in [2.24, 2.45) is 23.9 Å². The molecule has 0 spiro atoms. The van der Waals surface area contributed by atoms with Crippen LogP contribution in [-0.4, -0.2) is 21.5 Å². The smallest absolute Gasteiger partial charge is 0.332 e. The third-order valence-corrected chi connectivity index (χ3v) is 5.73.